The van der Waals surface area contributed by atoms with Crippen LogP contribution >= 0.6 is 0 Å². The summed E-state index contributed by atoms with van der Waals surface area (Å²) >= 11 is 0. The van der Waals surface area contributed by atoms with E-state index in [2.05, 4.69) is 223 Å². The van der Waals surface area contributed by atoms with Gasteiger partial charge >= 0.3 is 0 Å². The molecule has 2 aliphatic carbocycles. The Labute approximate surface area is 427 Å². The fraction of sp³-hybridized carbons (Fsp3) is 0.0286. The van der Waals surface area contributed by atoms with Crippen LogP contribution in [-0.2, 0) is 10.8 Å². The molecule has 1 aromatic heterocycles. The Morgan fingerprint density at radius 2 is 0.792 bits per heavy atom. The first-order valence-electron chi connectivity index (χ1n) is 27.0. The summed E-state index contributed by atoms with van der Waals surface area (Å²) in [7, 11) is 0. The van der Waals surface area contributed by atoms with Crippen LogP contribution in [0.3, 0.4) is 0 Å². The Balaban J connectivity index is 1.01. The Morgan fingerprint density at radius 3 is 1.44 bits per heavy atom. The summed E-state index contributed by atoms with van der Waals surface area (Å²) in [5, 5.41) is 1.05. The second kappa shape index (κ2) is 16.7. The molecule has 2 aliphatic rings. The first-order chi connectivity index (χ1) is 37.8. The normalized spacial score (nSPS) is 14.5. The number of benzene rings is 11. The molecule has 2 heteroatoms. The standard InChI is InChI=1S/C70H47NO/c1-6-18-48(19-7-1)51-32-38-61-62-39-36-59(47-67(62)70(66(61)45-51,55-24-12-4-13-25-55)56-26-14-5-15-27-56)71(57-34-30-49(31-35-57)50-33-41-68-52(44-50)42-43-72-68)58-37-40-65-63(46-58)60-28-16-17-29-64(60)69(65,53-20-8-2-9-21-53)54-22-10-3-11-23-54/h1-47H/i1D,6D,7D,18D,19D. The molecule has 11 aromatic carbocycles. The Hall–Kier alpha value is -9.24. The predicted octanol–water partition coefficient (Wildman–Crippen LogP) is 18.0. The summed E-state index contributed by atoms with van der Waals surface area (Å²) < 4.78 is 49.5. The first kappa shape index (κ1) is 36.7. The highest BCUT2D eigenvalue weighted by atomic mass is 16.3. The minimum atomic E-state index is -0.893. The van der Waals surface area contributed by atoms with E-state index in [0.29, 0.717) is 5.56 Å². The Bertz CT molecular complexity index is 4160. The van der Waals surface area contributed by atoms with Gasteiger partial charge in [0.25, 0.3) is 0 Å². The summed E-state index contributed by atoms with van der Waals surface area (Å²) in [6.07, 6.45) is 1.73. The number of anilines is 3. The molecule has 0 saturated carbocycles. The van der Waals surface area contributed by atoms with E-state index in [1.54, 1.807) is 6.26 Å². The number of hydrogen-bond donors (Lipinski definition) is 0. The van der Waals surface area contributed by atoms with E-state index in [0.717, 1.165) is 78.1 Å². The smallest absolute Gasteiger partial charge is 0.133 e. The highest BCUT2D eigenvalue weighted by Gasteiger charge is 2.48. The third-order valence-electron chi connectivity index (χ3n) is 15.2. The summed E-state index contributed by atoms with van der Waals surface area (Å²) in [5.74, 6) is 0. The van der Waals surface area contributed by atoms with Crippen molar-refractivity contribution in [3.8, 4) is 44.5 Å². The minimum Gasteiger partial charge on any atom is -0.464 e. The van der Waals surface area contributed by atoms with Crippen molar-refractivity contribution < 1.29 is 11.3 Å². The molecular weight excluding hydrogens is 871 g/mol. The van der Waals surface area contributed by atoms with E-state index in [1.165, 1.54) is 27.8 Å². The summed E-state index contributed by atoms with van der Waals surface area (Å²) in [6.45, 7) is 0. The third kappa shape index (κ3) is 6.29. The van der Waals surface area contributed by atoms with Crippen molar-refractivity contribution in [3.63, 3.8) is 0 Å². The molecule has 0 atom stereocenters. The molecule has 12 aromatic rings. The molecule has 0 saturated heterocycles. The number of fused-ring (bicyclic) bond motifs is 7. The highest BCUT2D eigenvalue weighted by Crippen LogP contribution is 2.60. The van der Waals surface area contributed by atoms with Gasteiger partial charge in [0.1, 0.15) is 5.58 Å². The van der Waals surface area contributed by atoms with E-state index in [-0.39, 0.29) is 29.7 Å². The van der Waals surface area contributed by atoms with Crippen molar-refractivity contribution in [1.82, 2.24) is 0 Å². The van der Waals surface area contributed by atoms with Crippen LogP contribution in [0.2, 0.25) is 0 Å². The largest absolute Gasteiger partial charge is 0.464 e. The summed E-state index contributed by atoms with van der Waals surface area (Å²) in [6, 6.07) is 87.1. The molecule has 0 fully saturated rings. The average molecular weight is 923 g/mol. The number of furan rings is 1. The third-order valence-corrected chi connectivity index (χ3v) is 15.2. The fourth-order valence-corrected chi connectivity index (χ4v) is 12.1. The quantitative estimate of drug-likeness (QED) is 0.143. The van der Waals surface area contributed by atoms with Crippen molar-refractivity contribution in [2.24, 2.45) is 0 Å². The minimum absolute atomic E-state index is 0.173. The van der Waals surface area contributed by atoms with Gasteiger partial charge < -0.3 is 9.32 Å². The predicted molar refractivity (Wildman–Crippen MR) is 296 cm³/mol. The zero-order valence-corrected chi connectivity index (χ0v) is 39.1. The van der Waals surface area contributed by atoms with E-state index in [1.807, 2.05) is 30.3 Å². The van der Waals surface area contributed by atoms with Gasteiger partial charge in [-0.3, -0.25) is 0 Å². The van der Waals surface area contributed by atoms with E-state index in [9.17, 15) is 0 Å². The van der Waals surface area contributed by atoms with Crippen molar-refractivity contribution in [1.29, 1.82) is 0 Å². The first-order valence-corrected chi connectivity index (χ1v) is 24.5. The monoisotopic (exact) mass is 922 g/mol. The van der Waals surface area contributed by atoms with Crippen molar-refractivity contribution in [2.75, 3.05) is 4.90 Å². The van der Waals surface area contributed by atoms with Gasteiger partial charge in [-0.2, -0.15) is 0 Å². The molecule has 1 heterocycles. The second-order valence-electron chi connectivity index (χ2n) is 18.8. The topological polar surface area (TPSA) is 16.4 Å². The van der Waals surface area contributed by atoms with Gasteiger partial charge in [-0.25, -0.2) is 0 Å². The van der Waals surface area contributed by atoms with Gasteiger partial charge in [-0.15, -0.1) is 0 Å². The highest BCUT2D eigenvalue weighted by molar-refractivity contribution is 5.94. The van der Waals surface area contributed by atoms with Crippen LogP contribution in [0.1, 0.15) is 51.4 Å². The molecule has 0 radical (unpaired) electrons. The lowest BCUT2D eigenvalue weighted by Gasteiger charge is -2.35. The van der Waals surface area contributed by atoms with Crippen LogP contribution in [0, 0.1) is 0 Å². The van der Waals surface area contributed by atoms with E-state index < -0.39 is 16.9 Å². The molecule has 0 aliphatic heterocycles. The Kier molecular flexibility index (Phi) is 8.53. The zero-order chi connectivity index (χ0) is 52.0. The lowest BCUT2D eigenvalue weighted by atomic mass is 9.67. The molecule has 0 unspecified atom stereocenters. The van der Waals surface area contributed by atoms with Gasteiger partial charge in [0, 0.05) is 22.4 Å². The van der Waals surface area contributed by atoms with E-state index in [4.69, 9.17) is 11.3 Å². The SMILES string of the molecule is [2H]c1c([2H])c([2H])c(-c2ccc3c(c2)C(c2ccccc2)(c2ccccc2)c2cc(N(c4ccc(-c5ccc6occc6c5)cc4)c4ccc5c(c4)-c4ccccc4C5(c4ccccc4)c4ccccc4)ccc2-3)c([2H])c1[2H]. The van der Waals surface area contributed by atoms with Gasteiger partial charge in [-0.05, 0) is 150 Å². The number of hydrogen-bond acceptors (Lipinski definition) is 2. The lowest BCUT2D eigenvalue weighted by Crippen LogP contribution is -2.29. The molecule has 338 valence electrons. The van der Waals surface area contributed by atoms with Crippen LogP contribution in [0.5, 0.6) is 0 Å². The van der Waals surface area contributed by atoms with Crippen molar-refractivity contribution >= 4 is 28.0 Å². The van der Waals surface area contributed by atoms with E-state index >= 15 is 0 Å². The molecule has 14 rings (SSSR count). The average Bonchev–Trinajstić information content (AvgIpc) is 4.31. The second-order valence-corrected chi connectivity index (χ2v) is 18.8. The van der Waals surface area contributed by atoms with Crippen LogP contribution in [0.25, 0.3) is 55.5 Å². The zero-order valence-electron chi connectivity index (χ0n) is 44.1. The maximum atomic E-state index is 9.07. The molecule has 0 spiro atoms. The van der Waals surface area contributed by atoms with Gasteiger partial charge in [0.05, 0.1) is 23.9 Å². The van der Waals surface area contributed by atoms with Gasteiger partial charge in [0.15, 0.2) is 0 Å². The molecule has 2 nitrogen and oxygen atoms in total. The maximum Gasteiger partial charge on any atom is 0.133 e. The van der Waals surface area contributed by atoms with Gasteiger partial charge in [-0.1, -0.05) is 218 Å². The summed E-state index contributed by atoms with van der Waals surface area (Å²) in [5.41, 5.74) is 18.6. The van der Waals surface area contributed by atoms with Crippen LogP contribution in [-0.4, -0.2) is 0 Å². The Morgan fingerprint density at radius 1 is 0.319 bits per heavy atom. The van der Waals surface area contributed by atoms with Crippen LogP contribution in [0.15, 0.2) is 290 Å². The van der Waals surface area contributed by atoms with Crippen molar-refractivity contribution in [2.45, 2.75) is 10.8 Å². The van der Waals surface area contributed by atoms with Crippen molar-refractivity contribution in [3.05, 3.63) is 330 Å². The van der Waals surface area contributed by atoms with Crippen LogP contribution < -0.4 is 4.90 Å². The number of rotatable bonds is 9. The fourth-order valence-electron chi connectivity index (χ4n) is 12.1. The summed E-state index contributed by atoms with van der Waals surface area (Å²) in [4.78, 5) is 2.37. The molecule has 72 heavy (non-hydrogen) atoms. The van der Waals surface area contributed by atoms with Gasteiger partial charge in [0.2, 0.25) is 0 Å². The molecular formula is C70H47NO. The van der Waals surface area contributed by atoms with Crippen LogP contribution in [0.4, 0.5) is 17.1 Å². The molecule has 0 N–H and O–H groups in total. The molecule has 0 bridgehead atoms. The maximum absolute atomic E-state index is 9.07. The number of nitrogens with zero attached hydrogens (tertiary/aromatic N) is 1. The molecule has 0 amide bonds. The lowest BCUT2D eigenvalue weighted by molar-refractivity contribution is 0.616.